The molecule has 1 aliphatic rings. The molecule has 1 aliphatic carbocycles. The average Bonchev–Trinajstić information content (AvgIpc) is 2.30. The van der Waals surface area contributed by atoms with Crippen LogP contribution < -0.4 is 11.1 Å². The monoisotopic (exact) mass is 270 g/mol. The van der Waals surface area contributed by atoms with Gasteiger partial charge in [0.2, 0.25) is 5.91 Å². The van der Waals surface area contributed by atoms with Crippen molar-refractivity contribution in [1.29, 1.82) is 0 Å². The molecule has 1 rings (SSSR count). The molecule has 0 radical (unpaired) electrons. The van der Waals surface area contributed by atoms with Crippen molar-refractivity contribution >= 4 is 5.91 Å². The lowest BCUT2D eigenvalue weighted by Gasteiger charge is -2.42. The van der Waals surface area contributed by atoms with Gasteiger partial charge in [-0.2, -0.15) is 0 Å². The molecule has 1 saturated carbocycles. The molecule has 112 valence electrons. The third kappa shape index (κ3) is 5.49. The van der Waals surface area contributed by atoms with E-state index >= 15 is 0 Å². The van der Waals surface area contributed by atoms with E-state index in [1.165, 1.54) is 19.3 Å². The van der Waals surface area contributed by atoms with Crippen LogP contribution in [0.3, 0.4) is 0 Å². The summed E-state index contributed by atoms with van der Waals surface area (Å²) in [5.74, 6) is 0.452. The average molecular weight is 270 g/mol. The van der Waals surface area contributed by atoms with Crippen LogP contribution in [-0.4, -0.2) is 31.7 Å². The van der Waals surface area contributed by atoms with Gasteiger partial charge in [-0.05, 0) is 43.9 Å². The molecule has 0 saturated heterocycles. The van der Waals surface area contributed by atoms with Gasteiger partial charge in [-0.15, -0.1) is 0 Å². The minimum Gasteiger partial charge on any atom is -0.382 e. The Morgan fingerprint density at radius 1 is 1.42 bits per heavy atom. The van der Waals surface area contributed by atoms with Crippen molar-refractivity contribution in [3.05, 3.63) is 0 Å². The van der Waals surface area contributed by atoms with Crippen LogP contribution in [0.25, 0.3) is 0 Å². The van der Waals surface area contributed by atoms with Crippen molar-refractivity contribution in [2.75, 3.05) is 19.8 Å². The Hall–Kier alpha value is -0.610. The van der Waals surface area contributed by atoms with Crippen LogP contribution in [0.15, 0.2) is 0 Å². The molecule has 0 spiro atoms. The van der Waals surface area contributed by atoms with Gasteiger partial charge in [0, 0.05) is 19.8 Å². The highest BCUT2D eigenvalue weighted by Gasteiger charge is 2.37. The van der Waals surface area contributed by atoms with Crippen molar-refractivity contribution in [2.24, 2.45) is 17.1 Å². The third-order valence-electron chi connectivity index (χ3n) is 4.09. The van der Waals surface area contributed by atoms with Gasteiger partial charge in [-0.3, -0.25) is 4.79 Å². The molecule has 1 atom stereocenters. The lowest BCUT2D eigenvalue weighted by Crippen LogP contribution is -2.48. The Labute approximate surface area is 117 Å². The van der Waals surface area contributed by atoms with Gasteiger partial charge in [-0.25, -0.2) is 0 Å². The number of amides is 1. The molecule has 4 heteroatoms. The Balaban J connectivity index is 2.30. The second-order valence-electron chi connectivity index (χ2n) is 6.25. The smallest absolute Gasteiger partial charge is 0.236 e. The first-order chi connectivity index (χ1) is 8.99. The number of nitrogens with two attached hydrogens (primary N) is 1. The van der Waals surface area contributed by atoms with E-state index in [1.807, 2.05) is 6.92 Å². The normalized spacial score (nSPS) is 19.0. The maximum absolute atomic E-state index is 11.9. The molecule has 0 unspecified atom stereocenters. The van der Waals surface area contributed by atoms with Gasteiger partial charge in [0.25, 0.3) is 0 Å². The molecule has 3 N–H and O–H groups in total. The third-order valence-corrected chi connectivity index (χ3v) is 4.09. The Morgan fingerprint density at radius 2 is 2.11 bits per heavy atom. The van der Waals surface area contributed by atoms with Crippen LogP contribution in [0.4, 0.5) is 0 Å². The number of carbonyl (C=O) groups is 1. The molecule has 1 amide bonds. The summed E-state index contributed by atoms with van der Waals surface area (Å²) in [5.41, 5.74) is 6.16. The second-order valence-corrected chi connectivity index (χ2v) is 6.25. The fourth-order valence-electron chi connectivity index (χ4n) is 2.65. The van der Waals surface area contributed by atoms with E-state index in [0.29, 0.717) is 5.92 Å². The van der Waals surface area contributed by atoms with E-state index in [9.17, 15) is 4.79 Å². The van der Waals surface area contributed by atoms with E-state index in [4.69, 9.17) is 10.5 Å². The van der Waals surface area contributed by atoms with E-state index in [2.05, 4.69) is 19.2 Å². The van der Waals surface area contributed by atoms with Crippen LogP contribution in [0.2, 0.25) is 0 Å². The Kier molecular flexibility index (Phi) is 6.80. The van der Waals surface area contributed by atoms with Gasteiger partial charge in [-0.1, -0.05) is 20.3 Å². The second kappa shape index (κ2) is 7.85. The SMILES string of the molecule is CCOCCC1(CNC(=O)[C@@H](N)CC(C)C)CCC1. The predicted molar refractivity (Wildman–Crippen MR) is 77.8 cm³/mol. The highest BCUT2D eigenvalue weighted by molar-refractivity contribution is 5.81. The summed E-state index contributed by atoms with van der Waals surface area (Å²) in [5, 5.41) is 3.04. The van der Waals surface area contributed by atoms with Crippen LogP contribution in [-0.2, 0) is 9.53 Å². The zero-order valence-electron chi connectivity index (χ0n) is 12.7. The van der Waals surface area contributed by atoms with Crippen molar-refractivity contribution in [2.45, 2.75) is 58.9 Å². The maximum atomic E-state index is 11.9. The molecule has 0 aromatic carbocycles. The highest BCUT2D eigenvalue weighted by Crippen LogP contribution is 2.43. The fourth-order valence-corrected chi connectivity index (χ4v) is 2.65. The van der Waals surface area contributed by atoms with Crippen molar-refractivity contribution in [3.8, 4) is 0 Å². The molecule has 0 aliphatic heterocycles. The molecule has 19 heavy (non-hydrogen) atoms. The predicted octanol–water partition coefficient (Wildman–Crippen LogP) is 2.07. The summed E-state index contributed by atoms with van der Waals surface area (Å²) in [4.78, 5) is 11.9. The summed E-state index contributed by atoms with van der Waals surface area (Å²) in [6.45, 7) is 8.50. The number of rotatable bonds is 9. The van der Waals surface area contributed by atoms with E-state index < -0.39 is 0 Å². The Bertz CT molecular complexity index is 275. The first-order valence-electron chi connectivity index (χ1n) is 7.60. The van der Waals surface area contributed by atoms with Crippen LogP contribution in [0.1, 0.15) is 52.9 Å². The lowest BCUT2D eigenvalue weighted by molar-refractivity contribution is -0.123. The number of nitrogens with one attached hydrogen (secondary N) is 1. The van der Waals surface area contributed by atoms with E-state index in [0.717, 1.165) is 32.6 Å². The van der Waals surface area contributed by atoms with Crippen LogP contribution >= 0.6 is 0 Å². The summed E-state index contributed by atoms with van der Waals surface area (Å²) in [6, 6.07) is -0.371. The van der Waals surface area contributed by atoms with Gasteiger partial charge in [0.05, 0.1) is 6.04 Å². The molecule has 1 fully saturated rings. The number of ether oxygens (including phenoxy) is 1. The van der Waals surface area contributed by atoms with Gasteiger partial charge in [0.1, 0.15) is 0 Å². The van der Waals surface area contributed by atoms with Crippen molar-refractivity contribution in [3.63, 3.8) is 0 Å². The van der Waals surface area contributed by atoms with Crippen LogP contribution in [0.5, 0.6) is 0 Å². The van der Waals surface area contributed by atoms with Gasteiger partial charge < -0.3 is 15.8 Å². The van der Waals surface area contributed by atoms with Gasteiger partial charge in [0.15, 0.2) is 0 Å². The Morgan fingerprint density at radius 3 is 2.58 bits per heavy atom. The molecule has 0 aromatic rings. The van der Waals surface area contributed by atoms with Crippen molar-refractivity contribution < 1.29 is 9.53 Å². The molecule has 0 heterocycles. The molecular weight excluding hydrogens is 240 g/mol. The lowest BCUT2D eigenvalue weighted by atomic mass is 9.66. The zero-order chi connectivity index (χ0) is 14.3. The first kappa shape index (κ1) is 16.4. The number of carbonyl (C=O) groups excluding carboxylic acids is 1. The summed E-state index contributed by atoms with van der Waals surface area (Å²) >= 11 is 0. The zero-order valence-corrected chi connectivity index (χ0v) is 12.7. The van der Waals surface area contributed by atoms with Gasteiger partial charge >= 0.3 is 0 Å². The van der Waals surface area contributed by atoms with E-state index in [1.54, 1.807) is 0 Å². The summed E-state index contributed by atoms with van der Waals surface area (Å²) in [6.07, 6.45) is 5.44. The number of hydrogen-bond acceptors (Lipinski definition) is 3. The van der Waals surface area contributed by atoms with Crippen LogP contribution in [0, 0.1) is 11.3 Å². The maximum Gasteiger partial charge on any atom is 0.236 e. The molecule has 0 aromatic heterocycles. The topological polar surface area (TPSA) is 64.3 Å². The first-order valence-corrected chi connectivity index (χ1v) is 7.60. The standard InChI is InChI=1S/C15H30N2O2/c1-4-19-9-8-15(6-5-7-15)11-17-14(18)13(16)10-12(2)3/h12-13H,4-11,16H2,1-3H3,(H,17,18)/t13-/m0/s1. The quantitative estimate of drug-likeness (QED) is 0.630. The van der Waals surface area contributed by atoms with Crippen molar-refractivity contribution in [1.82, 2.24) is 5.32 Å². The largest absolute Gasteiger partial charge is 0.382 e. The summed E-state index contributed by atoms with van der Waals surface area (Å²) in [7, 11) is 0. The van der Waals surface area contributed by atoms with E-state index in [-0.39, 0.29) is 17.4 Å². The molecule has 4 nitrogen and oxygen atoms in total. The fraction of sp³-hybridized carbons (Fsp3) is 0.933. The molecular formula is C15H30N2O2. The highest BCUT2D eigenvalue weighted by atomic mass is 16.5. The minimum absolute atomic E-state index is 0.00335. The number of hydrogen-bond donors (Lipinski definition) is 2. The molecule has 0 bridgehead atoms. The minimum atomic E-state index is -0.371. The summed E-state index contributed by atoms with van der Waals surface area (Å²) < 4.78 is 5.43.